The van der Waals surface area contributed by atoms with Crippen LogP contribution in [-0.2, 0) is 9.84 Å². The highest BCUT2D eigenvalue weighted by Crippen LogP contribution is 2.26. The van der Waals surface area contributed by atoms with Crippen LogP contribution >= 0.6 is 0 Å². The van der Waals surface area contributed by atoms with Gasteiger partial charge in [0.15, 0.2) is 10.9 Å². The molecule has 0 aliphatic rings. The second-order valence-electron chi connectivity index (χ2n) is 4.64. The molecular formula is C14H13N5O2S. The molecule has 0 saturated heterocycles. The number of sulfone groups is 1. The third-order valence-corrected chi connectivity index (χ3v) is 5.22. The summed E-state index contributed by atoms with van der Waals surface area (Å²) in [4.78, 5) is 3.92. The third-order valence-electron chi connectivity index (χ3n) is 3.25. The Morgan fingerprint density at radius 2 is 1.77 bits per heavy atom. The number of tetrazole rings is 1. The molecule has 0 radical (unpaired) electrons. The Labute approximate surface area is 127 Å². The number of aromatic nitrogens is 5. The summed E-state index contributed by atoms with van der Waals surface area (Å²) in [5, 5.41) is 10.5. The first-order valence-electron chi connectivity index (χ1n) is 6.59. The van der Waals surface area contributed by atoms with E-state index in [9.17, 15) is 8.42 Å². The summed E-state index contributed by atoms with van der Waals surface area (Å²) in [6, 6.07) is 13.9. The van der Waals surface area contributed by atoms with Crippen LogP contribution in [0, 0.1) is 0 Å². The van der Waals surface area contributed by atoms with Crippen LogP contribution in [0.3, 0.4) is 0 Å². The van der Waals surface area contributed by atoms with Crippen molar-refractivity contribution in [1.29, 1.82) is 0 Å². The van der Waals surface area contributed by atoms with Crippen molar-refractivity contribution in [3.05, 3.63) is 60.6 Å². The molecule has 1 aromatic carbocycles. The van der Waals surface area contributed by atoms with Gasteiger partial charge in [0.1, 0.15) is 5.25 Å². The van der Waals surface area contributed by atoms with E-state index in [0.717, 1.165) is 0 Å². The monoisotopic (exact) mass is 315 g/mol. The van der Waals surface area contributed by atoms with Crippen LogP contribution in [0.25, 0.3) is 5.69 Å². The molecule has 22 heavy (non-hydrogen) atoms. The van der Waals surface area contributed by atoms with Gasteiger partial charge in [-0.25, -0.2) is 13.4 Å². The lowest BCUT2D eigenvalue weighted by molar-refractivity contribution is 0.577. The first-order valence-corrected chi connectivity index (χ1v) is 8.14. The Morgan fingerprint density at radius 1 is 1.05 bits per heavy atom. The second-order valence-corrected chi connectivity index (χ2v) is 6.86. The predicted octanol–water partition coefficient (Wildman–Crippen LogP) is 1.59. The minimum atomic E-state index is -3.67. The fraction of sp³-hybridized carbons (Fsp3) is 0.143. The van der Waals surface area contributed by atoms with E-state index in [-0.39, 0.29) is 10.9 Å². The third kappa shape index (κ3) is 2.48. The van der Waals surface area contributed by atoms with Crippen molar-refractivity contribution in [2.75, 3.05) is 0 Å². The largest absolute Gasteiger partial charge is 0.245 e. The maximum atomic E-state index is 12.6. The fourth-order valence-corrected chi connectivity index (χ4v) is 3.30. The van der Waals surface area contributed by atoms with Crippen LogP contribution in [0.15, 0.2) is 59.8 Å². The molecule has 112 valence electrons. The molecule has 0 spiro atoms. The molecule has 0 bridgehead atoms. The SMILES string of the molecule is C[C@@H](c1nnnn1-c1ccccc1)S(=O)(=O)c1ccccn1. The molecule has 3 rings (SSSR count). The van der Waals surface area contributed by atoms with Crippen LogP contribution in [0.1, 0.15) is 18.0 Å². The van der Waals surface area contributed by atoms with E-state index in [1.54, 1.807) is 31.2 Å². The zero-order chi connectivity index (χ0) is 15.6. The average molecular weight is 315 g/mol. The van der Waals surface area contributed by atoms with Gasteiger partial charge in [-0.3, -0.25) is 0 Å². The standard InChI is InChI=1S/C14H13N5O2S/c1-11(22(20,21)13-9-5-6-10-15-13)14-16-17-18-19(14)12-7-3-2-4-8-12/h2-11H,1H3/t11-/m0/s1. The van der Waals surface area contributed by atoms with E-state index >= 15 is 0 Å². The van der Waals surface area contributed by atoms with E-state index < -0.39 is 15.1 Å². The van der Waals surface area contributed by atoms with Crippen molar-refractivity contribution in [1.82, 2.24) is 25.2 Å². The van der Waals surface area contributed by atoms with Crippen molar-refractivity contribution in [2.24, 2.45) is 0 Å². The molecule has 0 N–H and O–H groups in total. The summed E-state index contributed by atoms with van der Waals surface area (Å²) in [5.74, 6) is 0.247. The minimum Gasteiger partial charge on any atom is -0.245 e. The van der Waals surface area contributed by atoms with Crippen LogP contribution in [0.2, 0.25) is 0 Å². The van der Waals surface area contributed by atoms with E-state index in [0.29, 0.717) is 5.69 Å². The summed E-state index contributed by atoms with van der Waals surface area (Å²) >= 11 is 0. The molecular weight excluding hydrogens is 302 g/mol. The van der Waals surface area contributed by atoms with E-state index in [4.69, 9.17) is 0 Å². The highest BCUT2D eigenvalue weighted by atomic mass is 32.2. The zero-order valence-corrected chi connectivity index (χ0v) is 12.6. The number of nitrogens with zero attached hydrogens (tertiary/aromatic N) is 5. The molecule has 0 unspecified atom stereocenters. The molecule has 3 aromatic rings. The molecule has 0 amide bonds. The van der Waals surface area contributed by atoms with Crippen molar-refractivity contribution >= 4 is 9.84 Å². The lowest BCUT2D eigenvalue weighted by Gasteiger charge is -2.12. The van der Waals surface area contributed by atoms with Crippen LogP contribution in [0.5, 0.6) is 0 Å². The second kappa shape index (κ2) is 5.64. The van der Waals surface area contributed by atoms with Gasteiger partial charge in [-0.15, -0.1) is 5.10 Å². The van der Waals surface area contributed by atoms with Crippen molar-refractivity contribution in [3.8, 4) is 5.69 Å². The molecule has 0 fully saturated rings. The zero-order valence-electron chi connectivity index (χ0n) is 11.7. The summed E-state index contributed by atoms with van der Waals surface area (Å²) < 4.78 is 26.7. The highest BCUT2D eigenvalue weighted by molar-refractivity contribution is 7.91. The molecule has 0 aliphatic heterocycles. The molecule has 8 heteroatoms. The smallest absolute Gasteiger partial charge is 0.205 e. The lowest BCUT2D eigenvalue weighted by Crippen LogP contribution is -2.17. The predicted molar refractivity (Wildman–Crippen MR) is 79.0 cm³/mol. The molecule has 0 aliphatic carbocycles. The number of benzene rings is 1. The van der Waals surface area contributed by atoms with Crippen LogP contribution in [-0.4, -0.2) is 33.6 Å². The molecule has 1 atom stereocenters. The number of para-hydroxylation sites is 1. The van der Waals surface area contributed by atoms with Gasteiger partial charge in [-0.2, -0.15) is 4.68 Å². The Hall–Kier alpha value is -2.61. The van der Waals surface area contributed by atoms with E-state index in [2.05, 4.69) is 20.5 Å². The van der Waals surface area contributed by atoms with Gasteiger partial charge in [-0.05, 0) is 41.6 Å². The van der Waals surface area contributed by atoms with Crippen LogP contribution < -0.4 is 0 Å². The van der Waals surface area contributed by atoms with Gasteiger partial charge in [0.2, 0.25) is 9.84 Å². The molecule has 7 nitrogen and oxygen atoms in total. The van der Waals surface area contributed by atoms with Gasteiger partial charge in [0, 0.05) is 6.20 Å². The quantitative estimate of drug-likeness (QED) is 0.726. The summed E-state index contributed by atoms with van der Waals surface area (Å²) in [5.41, 5.74) is 0.700. The summed E-state index contributed by atoms with van der Waals surface area (Å²) in [6.07, 6.45) is 1.44. The number of hydrogen-bond acceptors (Lipinski definition) is 6. The van der Waals surface area contributed by atoms with Crippen molar-refractivity contribution < 1.29 is 8.42 Å². The Bertz CT molecular complexity index is 863. The van der Waals surface area contributed by atoms with Gasteiger partial charge in [0.05, 0.1) is 5.69 Å². The Kier molecular flexibility index (Phi) is 3.68. The van der Waals surface area contributed by atoms with E-state index in [1.807, 2.05) is 18.2 Å². The maximum Gasteiger partial charge on any atom is 0.205 e. The van der Waals surface area contributed by atoms with Crippen molar-refractivity contribution in [2.45, 2.75) is 17.2 Å². The van der Waals surface area contributed by atoms with Gasteiger partial charge in [0.25, 0.3) is 0 Å². The number of rotatable bonds is 4. The van der Waals surface area contributed by atoms with Gasteiger partial charge < -0.3 is 0 Å². The summed E-state index contributed by atoms with van der Waals surface area (Å²) in [6.45, 7) is 1.55. The molecule has 2 heterocycles. The Balaban J connectivity index is 2.04. The highest BCUT2D eigenvalue weighted by Gasteiger charge is 2.31. The summed E-state index contributed by atoms with van der Waals surface area (Å²) in [7, 11) is -3.67. The normalized spacial score (nSPS) is 13.0. The topological polar surface area (TPSA) is 90.6 Å². The maximum absolute atomic E-state index is 12.6. The average Bonchev–Trinajstić information content (AvgIpc) is 3.05. The fourth-order valence-electron chi connectivity index (χ4n) is 2.04. The molecule has 0 saturated carbocycles. The van der Waals surface area contributed by atoms with Crippen molar-refractivity contribution in [3.63, 3.8) is 0 Å². The minimum absolute atomic E-state index is 0.00473. The van der Waals surface area contributed by atoms with Crippen LogP contribution in [0.4, 0.5) is 0 Å². The molecule has 2 aromatic heterocycles. The lowest BCUT2D eigenvalue weighted by atomic mass is 10.3. The first-order chi connectivity index (χ1) is 10.6. The van der Waals surface area contributed by atoms with Gasteiger partial charge >= 0.3 is 0 Å². The van der Waals surface area contributed by atoms with E-state index in [1.165, 1.54) is 16.9 Å². The first kappa shape index (κ1) is 14.3. The Morgan fingerprint density at radius 3 is 2.45 bits per heavy atom. The van der Waals surface area contributed by atoms with Gasteiger partial charge in [-0.1, -0.05) is 24.3 Å². The number of hydrogen-bond donors (Lipinski definition) is 0. The number of pyridine rings is 1.